The highest BCUT2D eigenvalue weighted by atomic mass is 35.5. The number of carboxylic acids is 1. The molecule has 0 aromatic heterocycles. The zero-order chi connectivity index (χ0) is 33.6. The summed E-state index contributed by atoms with van der Waals surface area (Å²) in [5, 5.41) is 18.1. The van der Waals surface area contributed by atoms with Crippen molar-refractivity contribution in [2.45, 2.75) is 12.2 Å². The number of carbonyl (C=O) groups excluding carboxylic acids is 2. The molecule has 2 amide bonds. The summed E-state index contributed by atoms with van der Waals surface area (Å²) in [6.07, 6.45) is -1.89. The van der Waals surface area contributed by atoms with Crippen molar-refractivity contribution in [3.8, 4) is 11.5 Å². The summed E-state index contributed by atoms with van der Waals surface area (Å²) in [6.45, 7) is 7.81. The maximum Gasteiger partial charge on any atom is 0.490 e. The number of hydrogen-bond acceptors (Lipinski definition) is 7. The molecule has 0 saturated heterocycles. The molecule has 7 N–H and O–H groups in total. The lowest BCUT2D eigenvalue weighted by molar-refractivity contribution is -0.192. The van der Waals surface area contributed by atoms with Crippen LogP contribution in [0, 0.1) is 5.41 Å². The Kier molecular flexibility index (Phi) is 13.5. The van der Waals surface area contributed by atoms with E-state index in [1.165, 1.54) is 0 Å². The van der Waals surface area contributed by atoms with Crippen LogP contribution in [-0.2, 0) is 9.59 Å². The summed E-state index contributed by atoms with van der Waals surface area (Å²) in [4.78, 5) is 34.8. The third kappa shape index (κ3) is 11.3. The van der Waals surface area contributed by atoms with Gasteiger partial charge in [-0.25, -0.2) is 4.79 Å². The molecule has 0 aliphatic rings. The molecule has 3 aromatic carbocycles. The van der Waals surface area contributed by atoms with E-state index in [9.17, 15) is 22.8 Å². The largest absolute Gasteiger partial charge is 0.490 e. The highest BCUT2D eigenvalue weighted by Gasteiger charge is 2.38. The molecule has 45 heavy (non-hydrogen) atoms. The number of hydrazine groups is 1. The van der Waals surface area contributed by atoms with Crippen LogP contribution in [0.4, 0.5) is 18.9 Å². The molecule has 0 bridgehead atoms. The zero-order valence-corrected chi connectivity index (χ0v) is 24.2. The molecule has 0 saturated carbocycles. The lowest BCUT2D eigenvalue weighted by Crippen LogP contribution is -2.45. The molecule has 3 aromatic rings. The molecular formula is C30H29ClF3N5O6. The molecule has 0 radical (unpaired) electrons. The minimum Gasteiger partial charge on any atom is -0.486 e. The monoisotopic (exact) mass is 647 g/mol. The summed E-state index contributed by atoms with van der Waals surface area (Å²) in [6, 6.07) is 17.3. The molecule has 11 nitrogen and oxygen atoms in total. The first-order chi connectivity index (χ1) is 21.3. The predicted octanol–water partition coefficient (Wildman–Crippen LogP) is 5.00. The Morgan fingerprint density at radius 2 is 1.53 bits per heavy atom. The fourth-order valence-electron chi connectivity index (χ4n) is 3.35. The van der Waals surface area contributed by atoms with Crippen molar-refractivity contribution in [2.75, 3.05) is 18.5 Å². The van der Waals surface area contributed by atoms with E-state index < -0.39 is 30.0 Å². The van der Waals surface area contributed by atoms with Gasteiger partial charge in [0.25, 0.3) is 11.8 Å². The number of carboxylic acid groups (broad SMARTS) is 1. The van der Waals surface area contributed by atoms with Crippen molar-refractivity contribution in [1.29, 1.82) is 5.41 Å². The van der Waals surface area contributed by atoms with Crippen LogP contribution >= 0.6 is 11.6 Å². The summed E-state index contributed by atoms with van der Waals surface area (Å²) in [5.41, 5.74) is 12.2. The highest BCUT2D eigenvalue weighted by Crippen LogP contribution is 2.32. The van der Waals surface area contributed by atoms with Crippen molar-refractivity contribution in [2.24, 2.45) is 5.73 Å². The molecule has 0 aliphatic heterocycles. The molecule has 1 unspecified atom stereocenters. The summed E-state index contributed by atoms with van der Waals surface area (Å²) >= 11 is 6.10. The van der Waals surface area contributed by atoms with Gasteiger partial charge in [-0.15, -0.1) is 0 Å². The van der Waals surface area contributed by atoms with Gasteiger partial charge in [-0.2, -0.15) is 13.2 Å². The first-order valence-corrected chi connectivity index (χ1v) is 13.1. The predicted molar refractivity (Wildman–Crippen MR) is 162 cm³/mol. The van der Waals surface area contributed by atoms with Crippen LogP contribution in [0.2, 0.25) is 5.02 Å². The first kappa shape index (κ1) is 35.7. The van der Waals surface area contributed by atoms with Gasteiger partial charge < -0.3 is 25.6 Å². The Morgan fingerprint density at radius 3 is 2.07 bits per heavy atom. The van der Waals surface area contributed by atoms with Gasteiger partial charge in [0.15, 0.2) is 11.5 Å². The van der Waals surface area contributed by atoms with Crippen LogP contribution in [0.25, 0.3) is 0 Å². The summed E-state index contributed by atoms with van der Waals surface area (Å²) in [7, 11) is 0. The minimum absolute atomic E-state index is 0.0766. The molecule has 0 fully saturated rings. The quantitative estimate of drug-likeness (QED) is 0.0689. The van der Waals surface area contributed by atoms with Crippen molar-refractivity contribution in [1.82, 2.24) is 10.9 Å². The molecule has 15 heteroatoms. The van der Waals surface area contributed by atoms with Gasteiger partial charge in [-0.05, 0) is 54.1 Å². The van der Waals surface area contributed by atoms with Crippen molar-refractivity contribution in [3.63, 3.8) is 0 Å². The van der Waals surface area contributed by atoms with Crippen LogP contribution in [0.5, 0.6) is 11.5 Å². The van der Waals surface area contributed by atoms with Gasteiger partial charge in [-0.1, -0.05) is 55.1 Å². The van der Waals surface area contributed by atoms with E-state index in [1.807, 2.05) is 0 Å². The van der Waals surface area contributed by atoms with Crippen LogP contribution in [0.1, 0.15) is 27.5 Å². The Bertz CT molecular complexity index is 1530. The average molecular weight is 648 g/mol. The fraction of sp³-hybridized carbons (Fsp3) is 0.133. The lowest BCUT2D eigenvalue weighted by atomic mass is 10.0. The maximum absolute atomic E-state index is 13.3. The lowest BCUT2D eigenvalue weighted by Gasteiger charge is -2.22. The van der Waals surface area contributed by atoms with Gasteiger partial charge in [0, 0.05) is 11.3 Å². The number of amides is 2. The van der Waals surface area contributed by atoms with Crippen LogP contribution in [-0.4, -0.2) is 48.1 Å². The van der Waals surface area contributed by atoms with E-state index in [4.69, 9.17) is 42.1 Å². The molecule has 0 spiro atoms. The summed E-state index contributed by atoms with van der Waals surface area (Å²) < 4.78 is 43.2. The maximum atomic E-state index is 13.3. The number of nitrogens with one attached hydrogen (secondary N) is 4. The topological polar surface area (TPSA) is 176 Å². The second-order valence-electron chi connectivity index (χ2n) is 8.70. The number of carbonyl (C=O) groups is 3. The molecular weight excluding hydrogens is 619 g/mol. The van der Waals surface area contributed by atoms with E-state index >= 15 is 0 Å². The van der Waals surface area contributed by atoms with Gasteiger partial charge in [0.05, 0.1) is 10.6 Å². The van der Waals surface area contributed by atoms with Gasteiger partial charge >= 0.3 is 12.1 Å². The Balaban J connectivity index is 0.000000900. The number of benzene rings is 3. The highest BCUT2D eigenvalue weighted by molar-refractivity contribution is 6.33. The number of rotatable bonds is 12. The average Bonchev–Trinajstić information content (AvgIpc) is 3.00. The third-order valence-electron chi connectivity index (χ3n) is 5.44. The number of aliphatic carboxylic acids is 1. The Hall–Kier alpha value is -5.50. The number of hydrogen-bond donors (Lipinski definition) is 6. The minimum atomic E-state index is -5.08. The van der Waals surface area contributed by atoms with E-state index in [1.54, 1.807) is 78.9 Å². The molecule has 0 aliphatic carbocycles. The first-order valence-electron chi connectivity index (χ1n) is 12.8. The molecule has 0 heterocycles. The van der Waals surface area contributed by atoms with Gasteiger partial charge in [0.2, 0.25) is 0 Å². The number of ether oxygens (including phenoxy) is 2. The number of nitrogens with two attached hydrogens (primary N) is 1. The number of halogens is 4. The van der Waals surface area contributed by atoms with Crippen molar-refractivity contribution < 1.29 is 42.1 Å². The van der Waals surface area contributed by atoms with Crippen LogP contribution in [0.3, 0.4) is 0 Å². The van der Waals surface area contributed by atoms with Crippen LogP contribution < -0.4 is 31.4 Å². The second-order valence-corrected chi connectivity index (χ2v) is 9.11. The van der Waals surface area contributed by atoms with Gasteiger partial charge in [-0.3, -0.25) is 25.8 Å². The number of nitrogen functional groups attached to an aromatic ring is 1. The van der Waals surface area contributed by atoms with E-state index in [0.717, 1.165) is 0 Å². The molecule has 3 rings (SSSR count). The van der Waals surface area contributed by atoms with Gasteiger partial charge in [0.1, 0.15) is 25.1 Å². The van der Waals surface area contributed by atoms with Crippen molar-refractivity contribution in [3.05, 3.63) is 114 Å². The van der Waals surface area contributed by atoms with Crippen molar-refractivity contribution >= 4 is 40.9 Å². The van der Waals surface area contributed by atoms with Crippen LogP contribution in [0.15, 0.2) is 92.0 Å². The SMILES string of the molecule is C=CCOc1ccc(C(Nc2ccc(C(=N)N)cc2)C(=O)NNC(=O)c2ccccc2Cl)cc1OCC=C.O=C(O)C(F)(F)F. The zero-order valence-electron chi connectivity index (χ0n) is 23.5. The standard InChI is InChI=1S/C28H28ClN5O4.C2HF3O2/c1-3-15-37-23-14-11-19(17-24(23)38-16-4-2)25(32-20-12-9-18(10-13-20)26(30)31)28(36)34-33-27(35)21-7-5-6-8-22(21)29;3-2(4,5)1(6)7/h3-14,17,25,32H,1-2,15-16H2,(H3,30,31)(H,33,35)(H,34,36);(H,6,7). The number of amidine groups is 1. The van der Waals surface area contributed by atoms with E-state index in [0.29, 0.717) is 28.3 Å². The van der Waals surface area contributed by atoms with E-state index in [2.05, 4.69) is 29.3 Å². The van der Waals surface area contributed by atoms with E-state index in [-0.39, 0.29) is 29.6 Å². The fourth-order valence-corrected chi connectivity index (χ4v) is 3.57. The number of anilines is 1. The smallest absolute Gasteiger partial charge is 0.486 e. The second kappa shape index (κ2) is 17.0. The third-order valence-corrected chi connectivity index (χ3v) is 5.77. The normalized spacial score (nSPS) is 11.0. The Morgan fingerprint density at radius 1 is 0.956 bits per heavy atom. The Labute approximate surface area is 261 Å². The molecule has 238 valence electrons. The summed E-state index contributed by atoms with van der Waals surface area (Å²) in [5.74, 6) is -3.10. The number of alkyl halides is 3. The molecule has 1 atom stereocenters.